The van der Waals surface area contributed by atoms with Gasteiger partial charge in [0.25, 0.3) is 0 Å². The molecule has 3 heterocycles. The van der Waals surface area contributed by atoms with Crippen LogP contribution in [0.15, 0.2) is 0 Å². The molecule has 0 aromatic rings. The summed E-state index contributed by atoms with van der Waals surface area (Å²) in [6.45, 7) is 6.82. The second kappa shape index (κ2) is 4.58. The van der Waals surface area contributed by atoms with Crippen LogP contribution in [-0.2, 0) is 4.79 Å². The first-order chi connectivity index (χ1) is 8.26. The van der Waals surface area contributed by atoms with Crippen molar-refractivity contribution in [3.05, 3.63) is 0 Å². The van der Waals surface area contributed by atoms with Crippen molar-refractivity contribution in [2.24, 2.45) is 11.3 Å². The second-order valence-corrected chi connectivity index (χ2v) is 6.15. The largest absolute Gasteiger partial charge is 0.355 e. The van der Waals surface area contributed by atoms with Crippen molar-refractivity contribution < 1.29 is 4.79 Å². The highest BCUT2D eigenvalue weighted by molar-refractivity contribution is 5.79. The number of amides is 1. The van der Waals surface area contributed by atoms with Crippen LogP contribution in [0.4, 0.5) is 0 Å². The van der Waals surface area contributed by atoms with Gasteiger partial charge >= 0.3 is 0 Å². The zero-order valence-corrected chi connectivity index (χ0v) is 10.5. The van der Waals surface area contributed by atoms with Crippen molar-refractivity contribution in [3.8, 4) is 0 Å². The Bertz CT molecular complexity index is 301. The molecule has 1 spiro atoms. The molecule has 3 aliphatic rings. The number of carbonyl (C=O) groups excluding carboxylic acids is 1. The highest BCUT2D eigenvalue weighted by Gasteiger charge is 2.43. The van der Waals surface area contributed by atoms with Gasteiger partial charge in [-0.05, 0) is 44.8 Å². The fraction of sp³-hybridized carbons (Fsp3) is 0.923. The molecule has 2 atom stereocenters. The van der Waals surface area contributed by atoms with Gasteiger partial charge in [-0.3, -0.25) is 4.79 Å². The van der Waals surface area contributed by atoms with Crippen molar-refractivity contribution in [2.75, 3.05) is 39.3 Å². The van der Waals surface area contributed by atoms with E-state index in [2.05, 4.69) is 15.5 Å². The van der Waals surface area contributed by atoms with Crippen molar-refractivity contribution in [2.45, 2.75) is 25.7 Å². The maximum Gasteiger partial charge on any atom is 0.220 e. The van der Waals surface area contributed by atoms with Gasteiger partial charge in [-0.2, -0.15) is 0 Å². The molecule has 0 radical (unpaired) electrons. The molecule has 4 heteroatoms. The molecule has 17 heavy (non-hydrogen) atoms. The Morgan fingerprint density at radius 3 is 3.12 bits per heavy atom. The van der Waals surface area contributed by atoms with Gasteiger partial charge in [0.2, 0.25) is 5.91 Å². The highest BCUT2D eigenvalue weighted by atomic mass is 16.1. The fourth-order valence-corrected chi connectivity index (χ4v) is 3.67. The molecule has 0 saturated carbocycles. The van der Waals surface area contributed by atoms with E-state index >= 15 is 0 Å². The first-order valence-electron chi connectivity index (χ1n) is 6.96. The van der Waals surface area contributed by atoms with Crippen LogP contribution >= 0.6 is 0 Å². The van der Waals surface area contributed by atoms with Gasteiger partial charge < -0.3 is 15.5 Å². The Morgan fingerprint density at radius 2 is 2.41 bits per heavy atom. The first kappa shape index (κ1) is 11.5. The standard InChI is InChI=1S/C13H23N3O/c17-12-6-13(9-15-12)3-5-16(10-13)8-11-2-1-4-14-7-11/h11,14H,1-10H2,(H,15,17). The van der Waals surface area contributed by atoms with Crippen LogP contribution in [0.3, 0.4) is 0 Å². The third-order valence-electron chi connectivity index (χ3n) is 4.63. The number of carbonyl (C=O) groups is 1. The summed E-state index contributed by atoms with van der Waals surface area (Å²) in [5.74, 6) is 1.08. The van der Waals surface area contributed by atoms with Crippen molar-refractivity contribution >= 4 is 5.91 Å². The van der Waals surface area contributed by atoms with Crippen molar-refractivity contribution in [1.82, 2.24) is 15.5 Å². The van der Waals surface area contributed by atoms with Crippen LogP contribution in [0.2, 0.25) is 0 Å². The minimum Gasteiger partial charge on any atom is -0.355 e. The Morgan fingerprint density at radius 1 is 1.47 bits per heavy atom. The lowest BCUT2D eigenvalue weighted by molar-refractivity contribution is -0.119. The number of piperidine rings is 1. The van der Waals surface area contributed by atoms with E-state index in [0.29, 0.717) is 0 Å². The monoisotopic (exact) mass is 237 g/mol. The van der Waals surface area contributed by atoms with E-state index < -0.39 is 0 Å². The Kier molecular flexibility index (Phi) is 3.09. The molecule has 3 aliphatic heterocycles. The van der Waals surface area contributed by atoms with E-state index in [0.717, 1.165) is 25.4 Å². The minimum absolute atomic E-state index is 0.256. The summed E-state index contributed by atoms with van der Waals surface area (Å²) in [4.78, 5) is 13.9. The van der Waals surface area contributed by atoms with Gasteiger partial charge in [0.05, 0.1) is 0 Å². The average Bonchev–Trinajstić information content (AvgIpc) is 2.88. The normalized spacial score (nSPS) is 38.8. The Hall–Kier alpha value is -0.610. The number of rotatable bonds is 2. The average molecular weight is 237 g/mol. The summed E-state index contributed by atoms with van der Waals surface area (Å²) in [5.41, 5.74) is 0.277. The smallest absolute Gasteiger partial charge is 0.220 e. The van der Waals surface area contributed by atoms with E-state index in [-0.39, 0.29) is 11.3 Å². The predicted molar refractivity (Wildman–Crippen MR) is 66.7 cm³/mol. The first-order valence-corrected chi connectivity index (χ1v) is 6.96. The maximum absolute atomic E-state index is 11.4. The van der Waals surface area contributed by atoms with Gasteiger partial charge in [0.1, 0.15) is 0 Å². The molecule has 0 aliphatic carbocycles. The van der Waals surface area contributed by atoms with Crippen LogP contribution < -0.4 is 10.6 Å². The van der Waals surface area contributed by atoms with E-state index in [4.69, 9.17) is 0 Å². The number of hydrogen-bond acceptors (Lipinski definition) is 3. The predicted octanol–water partition coefficient (Wildman–Crippen LogP) is 0.198. The Balaban J connectivity index is 1.51. The summed E-state index contributed by atoms with van der Waals surface area (Å²) >= 11 is 0. The molecule has 1 amide bonds. The molecule has 96 valence electrons. The zero-order chi connectivity index (χ0) is 11.7. The van der Waals surface area contributed by atoms with E-state index in [1.807, 2.05) is 0 Å². The molecule has 0 aromatic carbocycles. The zero-order valence-electron chi connectivity index (χ0n) is 10.5. The molecular formula is C13H23N3O. The lowest BCUT2D eigenvalue weighted by Crippen LogP contribution is -2.38. The summed E-state index contributed by atoms with van der Waals surface area (Å²) in [6, 6.07) is 0. The summed E-state index contributed by atoms with van der Waals surface area (Å²) < 4.78 is 0. The molecule has 2 unspecified atom stereocenters. The van der Waals surface area contributed by atoms with E-state index in [1.165, 1.54) is 45.4 Å². The van der Waals surface area contributed by atoms with E-state index in [9.17, 15) is 4.79 Å². The van der Waals surface area contributed by atoms with Crippen molar-refractivity contribution in [3.63, 3.8) is 0 Å². The van der Waals surface area contributed by atoms with Gasteiger partial charge in [0.15, 0.2) is 0 Å². The number of nitrogens with one attached hydrogen (secondary N) is 2. The topological polar surface area (TPSA) is 44.4 Å². The van der Waals surface area contributed by atoms with Gasteiger partial charge in [-0.25, -0.2) is 0 Å². The maximum atomic E-state index is 11.4. The summed E-state index contributed by atoms with van der Waals surface area (Å²) in [7, 11) is 0. The third-order valence-corrected chi connectivity index (χ3v) is 4.63. The van der Waals surface area contributed by atoms with Crippen molar-refractivity contribution in [1.29, 1.82) is 0 Å². The SMILES string of the molecule is O=C1CC2(CCN(CC3CCCNC3)C2)CN1. The highest BCUT2D eigenvalue weighted by Crippen LogP contribution is 2.36. The lowest BCUT2D eigenvalue weighted by atomic mass is 9.86. The van der Waals surface area contributed by atoms with Crippen LogP contribution in [0.5, 0.6) is 0 Å². The van der Waals surface area contributed by atoms with Gasteiger partial charge in [0, 0.05) is 31.5 Å². The van der Waals surface area contributed by atoms with Crippen LogP contribution in [0.25, 0.3) is 0 Å². The third kappa shape index (κ3) is 2.47. The Labute approximate surface area is 103 Å². The molecule has 2 N–H and O–H groups in total. The van der Waals surface area contributed by atoms with Gasteiger partial charge in [-0.1, -0.05) is 0 Å². The van der Waals surface area contributed by atoms with Crippen LogP contribution in [-0.4, -0.2) is 50.1 Å². The molecule has 0 aromatic heterocycles. The molecule has 3 saturated heterocycles. The quantitative estimate of drug-likeness (QED) is 0.721. The second-order valence-electron chi connectivity index (χ2n) is 6.15. The summed E-state index contributed by atoms with van der Waals surface area (Å²) in [5, 5.41) is 6.48. The number of likely N-dealkylation sites (tertiary alicyclic amines) is 1. The van der Waals surface area contributed by atoms with Crippen LogP contribution in [0, 0.1) is 11.3 Å². The van der Waals surface area contributed by atoms with E-state index in [1.54, 1.807) is 0 Å². The molecular weight excluding hydrogens is 214 g/mol. The molecule has 4 nitrogen and oxygen atoms in total. The number of hydrogen-bond donors (Lipinski definition) is 2. The molecule has 0 bridgehead atoms. The minimum atomic E-state index is 0.256. The molecule has 3 fully saturated rings. The number of nitrogens with zero attached hydrogens (tertiary/aromatic N) is 1. The molecule has 3 rings (SSSR count). The fourth-order valence-electron chi connectivity index (χ4n) is 3.67. The van der Waals surface area contributed by atoms with Gasteiger partial charge in [-0.15, -0.1) is 0 Å². The van der Waals surface area contributed by atoms with Crippen LogP contribution in [0.1, 0.15) is 25.7 Å². The lowest BCUT2D eigenvalue weighted by Gasteiger charge is -2.28. The summed E-state index contributed by atoms with van der Waals surface area (Å²) in [6.07, 6.45) is 4.65.